The summed E-state index contributed by atoms with van der Waals surface area (Å²) >= 11 is 1.51. The fraction of sp³-hybridized carbons (Fsp3) is 0.385. The molecule has 2 aromatic heterocycles. The van der Waals surface area contributed by atoms with E-state index < -0.39 is 0 Å². The smallest absolute Gasteiger partial charge is 0.173 e. The molecule has 0 radical (unpaired) electrons. The highest BCUT2D eigenvalue weighted by Crippen LogP contribution is 2.17. The minimum absolute atomic E-state index is 0.225. The molecule has 0 spiro atoms. The van der Waals surface area contributed by atoms with Crippen LogP contribution in [-0.4, -0.2) is 15.6 Å². The van der Waals surface area contributed by atoms with Crippen LogP contribution >= 0.6 is 11.3 Å². The van der Waals surface area contributed by atoms with E-state index in [9.17, 15) is 4.79 Å². The topological polar surface area (TPSA) is 34.9 Å². The van der Waals surface area contributed by atoms with Crippen molar-refractivity contribution in [1.29, 1.82) is 0 Å². The number of thiophene rings is 1. The molecule has 17 heavy (non-hydrogen) atoms. The maximum absolute atomic E-state index is 11.9. The van der Waals surface area contributed by atoms with E-state index in [1.54, 1.807) is 0 Å². The average Bonchev–Trinajstić information content (AvgIpc) is 2.88. The Balaban J connectivity index is 2.05. The summed E-state index contributed by atoms with van der Waals surface area (Å²) in [6, 6.07) is 3.80. The summed E-state index contributed by atoms with van der Waals surface area (Å²) in [5, 5.41) is 6.30. The van der Waals surface area contributed by atoms with E-state index in [1.807, 2.05) is 43.1 Å². The van der Waals surface area contributed by atoms with Gasteiger partial charge in [0.2, 0.25) is 0 Å². The van der Waals surface area contributed by atoms with Crippen LogP contribution in [0.1, 0.15) is 33.0 Å². The first-order valence-corrected chi connectivity index (χ1v) is 6.53. The van der Waals surface area contributed by atoms with Crippen molar-refractivity contribution in [2.75, 3.05) is 0 Å². The molecule has 3 nitrogen and oxygen atoms in total. The molecule has 2 heterocycles. The molecule has 0 unspecified atom stereocenters. The quantitative estimate of drug-likeness (QED) is 0.780. The lowest BCUT2D eigenvalue weighted by Gasteiger charge is -2.01. The van der Waals surface area contributed by atoms with Crippen molar-refractivity contribution in [1.82, 2.24) is 9.78 Å². The Hall–Kier alpha value is -1.42. The van der Waals surface area contributed by atoms with E-state index in [0.717, 1.165) is 22.7 Å². The van der Waals surface area contributed by atoms with E-state index in [0.29, 0.717) is 6.42 Å². The van der Waals surface area contributed by atoms with Gasteiger partial charge in [0.25, 0.3) is 0 Å². The van der Waals surface area contributed by atoms with Crippen LogP contribution in [0, 0.1) is 13.8 Å². The number of Topliss-reactive ketones (excluding diaryl/α,β-unsaturated/α-hetero) is 1. The number of hydrogen-bond donors (Lipinski definition) is 0. The Morgan fingerprint density at radius 2 is 2.24 bits per heavy atom. The van der Waals surface area contributed by atoms with E-state index in [2.05, 4.69) is 5.10 Å². The molecule has 0 atom stereocenters. The van der Waals surface area contributed by atoms with Crippen LogP contribution in [0.4, 0.5) is 0 Å². The van der Waals surface area contributed by atoms with Crippen molar-refractivity contribution in [2.45, 2.75) is 26.7 Å². The van der Waals surface area contributed by atoms with Gasteiger partial charge in [0.05, 0.1) is 10.6 Å². The van der Waals surface area contributed by atoms with Crippen molar-refractivity contribution in [2.24, 2.45) is 7.05 Å². The van der Waals surface area contributed by atoms with Crippen LogP contribution in [0.5, 0.6) is 0 Å². The minimum atomic E-state index is 0.225. The maximum atomic E-state index is 11.9. The summed E-state index contributed by atoms with van der Waals surface area (Å²) in [6.45, 7) is 4.04. The van der Waals surface area contributed by atoms with Crippen molar-refractivity contribution < 1.29 is 4.79 Å². The molecule has 2 aromatic rings. The van der Waals surface area contributed by atoms with Crippen LogP contribution in [0.25, 0.3) is 0 Å². The molecule has 4 heteroatoms. The van der Waals surface area contributed by atoms with Gasteiger partial charge < -0.3 is 0 Å². The fourth-order valence-corrected chi connectivity index (χ4v) is 2.67. The lowest BCUT2D eigenvalue weighted by Crippen LogP contribution is -2.00. The van der Waals surface area contributed by atoms with Gasteiger partial charge >= 0.3 is 0 Å². The molecule has 0 bridgehead atoms. The Kier molecular flexibility index (Phi) is 3.43. The Bertz CT molecular complexity index is 526. The van der Waals surface area contributed by atoms with E-state index >= 15 is 0 Å². The first-order chi connectivity index (χ1) is 8.09. The molecule has 0 aromatic carbocycles. The second kappa shape index (κ2) is 4.84. The highest BCUT2D eigenvalue weighted by atomic mass is 32.1. The largest absolute Gasteiger partial charge is 0.293 e. The molecule has 0 saturated carbocycles. The molecular weight excluding hydrogens is 232 g/mol. The summed E-state index contributed by atoms with van der Waals surface area (Å²) in [7, 11) is 1.94. The molecule has 2 rings (SSSR count). The second-order valence-corrected chi connectivity index (χ2v) is 5.12. The predicted molar refractivity (Wildman–Crippen MR) is 69.7 cm³/mol. The highest BCUT2D eigenvalue weighted by molar-refractivity contribution is 7.12. The third kappa shape index (κ3) is 2.47. The standard InChI is InChI=1S/C13H16N2OS/c1-9-11(10(2)15(3)14-9)6-7-12(16)13-5-4-8-17-13/h4-5,8H,6-7H2,1-3H3. The molecule has 0 amide bonds. The van der Waals surface area contributed by atoms with Crippen molar-refractivity contribution in [3.8, 4) is 0 Å². The molecule has 90 valence electrons. The van der Waals surface area contributed by atoms with Gasteiger partial charge in [-0.25, -0.2) is 0 Å². The number of carbonyl (C=O) groups excluding carboxylic acids is 1. The molecular formula is C13H16N2OS. The molecule has 0 aliphatic carbocycles. The first kappa shape index (κ1) is 12.0. The summed E-state index contributed by atoms with van der Waals surface area (Å²) in [4.78, 5) is 12.7. The second-order valence-electron chi connectivity index (χ2n) is 4.17. The predicted octanol–water partition coefficient (Wildman–Crippen LogP) is 2.91. The molecule has 0 aliphatic rings. The Morgan fingerprint density at radius 3 is 2.76 bits per heavy atom. The van der Waals surface area contributed by atoms with Gasteiger partial charge in [-0.3, -0.25) is 9.48 Å². The van der Waals surface area contributed by atoms with E-state index in [-0.39, 0.29) is 5.78 Å². The number of aryl methyl sites for hydroxylation is 2. The van der Waals surface area contributed by atoms with Gasteiger partial charge in [-0.15, -0.1) is 11.3 Å². The monoisotopic (exact) mass is 248 g/mol. The SMILES string of the molecule is Cc1nn(C)c(C)c1CCC(=O)c1cccs1. The molecule has 0 aliphatic heterocycles. The van der Waals surface area contributed by atoms with Crippen molar-refractivity contribution in [3.05, 3.63) is 39.3 Å². The number of rotatable bonds is 4. The third-order valence-corrected chi connectivity index (χ3v) is 3.97. The number of ketones is 1. The zero-order chi connectivity index (χ0) is 12.4. The number of carbonyl (C=O) groups is 1. The lowest BCUT2D eigenvalue weighted by molar-refractivity contribution is 0.0986. The normalized spacial score (nSPS) is 10.8. The van der Waals surface area contributed by atoms with Crippen LogP contribution in [0.2, 0.25) is 0 Å². The number of nitrogens with zero attached hydrogens (tertiary/aromatic N) is 2. The van der Waals surface area contributed by atoms with Crippen LogP contribution in [0.3, 0.4) is 0 Å². The van der Waals surface area contributed by atoms with Crippen LogP contribution in [-0.2, 0) is 13.5 Å². The Labute approximate surface area is 105 Å². The Morgan fingerprint density at radius 1 is 1.47 bits per heavy atom. The van der Waals surface area contributed by atoms with Gasteiger partial charge in [0.1, 0.15) is 0 Å². The van der Waals surface area contributed by atoms with E-state index in [4.69, 9.17) is 0 Å². The molecule has 0 N–H and O–H groups in total. The van der Waals surface area contributed by atoms with Gasteiger partial charge in [-0.05, 0) is 37.3 Å². The number of hydrogen-bond acceptors (Lipinski definition) is 3. The number of aromatic nitrogens is 2. The summed E-state index contributed by atoms with van der Waals surface area (Å²) in [5.41, 5.74) is 3.39. The van der Waals surface area contributed by atoms with Gasteiger partial charge in [-0.1, -0.05) is 6.07 Å². The molecule has 0 saturated heterocycles. The first-order valence-electron chi connectivity index (χ1n) is 5.65. The van der Waals surface area contributed by atoms with Gasteiger partial charge in [0.15, 0.2) is 5.78 Å². The maximum Gasteiger partial charge on any atom is 0.173 e. The van der Waals surface area contributed by atoms with Gasteiger partial charge in [0, 0.05) is 19.2 Å². The zero-order valence-electron chi connectivity index (χ0n) is 10.4. The lowest BCUT2D eigenvalue weighted by atomic mass is 10.1. The zero-order valence-corrected chi connectivity index (χ0v) is 11.2. The fourth-order valence-electron chi connectivity index (χ4n) is 1.98. The van der Waals surface area contributed by atoms with Crippen molar-refractivity contribution in [3.63, 3.8) is 0 Å². The van der Waals surface area contributed by atoms with Crippen LogP contribution < -0.4 is 0 Å². The summed E-state index contributed by atoms with van der Waals surface area (Å²) < 4.78 is 1.88. The van der Waals surface area contributed by atoms with Crippen LogP contribution in [0.15, 0.2) is 17.5 Å². The summed E-state index contributed by atoms with van der Waals surface area (Å²) in [6.07, 6.45) is 1.34. The highest BCUT2D eigenvalue weighted by Gasteiger charge is 2.12. The van der Waals surface area contributed by atoms with E-state index in [1.165, 1.54) is 16.9 Å². The third-order valence-electron chi connectivity index (χ3n) is 3.06. The van der Waals surface area contributed by atoms with Gasteiger partial charge in [-0.2, -0.15) is 5.10 Å². The van der Waals surface area contributed by atoms with Crippen molar-refractivity contribution >= 4 is 17.1 Å². The minimum Gasteiger partial charge on any atom is -0.293 e. The molecule has 0 fully saturated rings. The average molecular weight is 248 g/mol. The summed E-state index contributed by atoms with van der Waals surface area (Å²) in [5.74, 6) is 0.225.